The fraction of sp³-hybridized carbons (Fsp3) is 0.294. The number of aryl methyl sites for hydroxylation is 1. The van der Waals surface area contributed by atoms with Gasteiger partial charge >= 0.3 is 0 Å². The number of fused-ring (bicyclic) bond motifs is 1. The number of aromatic nitrogens is 3. The Labute approximate surface area is 124 Å². The molecule has 0 unspecified atom stereocenters. The number of rotatable bonds is 5. The number of nitrogens with two attached hydrogens (primary N) is 1. The monoisotopic (exact) mass is 280 g/mol. The van der Waals surface area contributed by atoms with Crippen molar-refractivity contribution in [3.05, 3.63) is 42.7 Å². The van der Waals surface area contributed by atoms with Gasteiger partial charge in [0.25, 0.3) is 0 Å². The van der Waals surface area contributed by atoms with Crippen LogP contribution in [0.3, 0.4) is 0 Å². The Morgan fingerprint density at radius 1 is 1.14 bits per heavy atom. The zero-order chi connectivity index (χ0) is 14.7. The maximum absolute atomic E-state index is 6.08. The summed E-state index contributed by atoms with van der Waals surface area (Å²) in [6.45, 7) is 3.17. The molecule has 108 valence electrons. The lowest BCUT2D eigenvalue weighted by atomic mass is 10.2. The van der Waals surface area contributed by atoms with Crippen LogP contribution in [-0.2, 0) is 6.54 Å². The first-order valence-electron chi connectivity index (χ1n) is 7.46. The maximum atomic E-state index is 6.08. The van der Waals surface area contributed by atoms with Crippen LogP contribution in [-0.4, -0.2) is 14.5 Å². The number of imidazole rings is 1. The lowest BCUT2D eigenvalue weighted by Crippen LogP contribution is -2.01. The molecule has 0 saturated heterocycles. The van der Waals surface area contributed by atoms with E-state index in [1.54, 1.807) is 6.20 Å². The topological polar surface area (TPSA) is 56.7 Å². The third-order valence-corrected chi connectivity index (χ3v) is 3.72. The highest BCUT2D eigenvalue weighted by Crippen LogP contribution is 2.28. The van der Waals surface area contributed by atoms with Crippen molar-refractivity contribution in [2.24, 2.45) is 0 Å². The van der Waals surface area contributed by atoms with E-state index < -0.39 is 0 Å². The maximum Gasteiger partial charge on any atom is 0.142 e. The molecule has 0 aliphatic heterocycles. The van der Waals surface area contributed by atoms with Gasteiger partial charge in [-0.2, -0.15) is 0 Å². The first kappa shape index (κ1) is 13.6. The molecule has 2 N–H and O–H groups in total. The number of nitrogens with zero attached hydrogens (tertiary/aromatic N) is 3. The Hall–Kier alpha value is -2.36. The summed E-state index contributed by atoms with van der Waals surface area (Å²) in [6, 6.07) is 9.96. The summed E-state index contributed by atoms with van der Waals surface area (Å²) >= 11 is 0. The van der Waals surface area contributed by atoms with Gasteiger partial charge in [-0.3, -0.25) is 4.98 Å². The molecule has 3 aromatic rings. The second-order valence-corrected chi connectivity index (χ2v) is 5.25. The van der Waals surface area contributed by atoms with Crippen molar-refractivity contribution >= 4 is 16.7 Å². The SMILES string of the molecule is CCCCCn1c(-c2cccnc2)nc2c(N)cccc21. The normalized spacial score (nSPS) is 11.1. The summed E-state index contributed by atoms with van der Waals surface area (Å²) in [5, 5.41) is 0. The minimum Gasteiger partial charge on any atom is -0.397 e. The Kier molecular flexibility index (Phi) is 3.86. The Morgan fingerprint density at radius 2 is 2.05 bits per heavy atom. The summed E-state index contributed by atoms with van der Waals surface area (Å²) in [7, 11) is 0. The van der Waals surface area contributed by atoms with Gasteiger partial charge in [0.15, 0.2) is 0 Å². The summed E-state index contributed by atoms with van der Waals surface area (Å²) < 4.78 is 2.26. The minimum absolute atomic E-state index is 0.729. The molecule has 2 heterocycles. The number of benzene rings is 1. The smallest absolute Gasteiger partial charge is 0.142 e. The van der Waals surface area contributed by atoms with Crippen molar-refractivity contribution in [1.29, 1.82) is 0 Å². The molecule has 3 rings (SSSR count). The van der Waals surface area contributed by atoms with E-state index in [4.69, 9.17) is 10.7 Å². The molecule has 0 saturated carbocycles. The van der Waals surface area contributed by atoms with Crippen molar-refractivity contribution in [3.8, 4) is 11.4 Å². The van der Waals surface area contributed by atoms with Gasteiger partial charge in [0.05, 0.1) is 11.2 Å². The number of para-hydroxylation sites is 1. The van der Waals surface area contributed by atoms with Crippen LogP contribution in [0.5, 0.6) is 0 Å². The highest BCUT2D eigenvalue weighted by Gasteiger charge is 2.13. The minimum atomic E-state index is 0.729. The van der Waals surface area contributed by atoms with Gasteiger partial charge < -0.3 is 10.3 Å². The third kappa shape index (κ3) is 2.61. The van der Waals surface area contributed by atoms with E-state index in [0.717, 1.165) is 41.1 Å². The average molecular weight is 280 g/mol. The first-order chi connectivity index (χ1) is 10.3. The highest BCUT2D eigenvalue weighted by molar-refractivity contribution is 5.90. The standard InChI is InChI=1S/C17H20N4/c1-2-3-4-11-21-15-9-5-8-14(18)16(15)20-17(21)13-7-6-10-19-12-13/h5-10,12H,2-4,11,18H2,1H3. The van der Waals surface area contributed by atoms with Gasteiger partial charge in [0.2, 0.25) is 0 Å². The van der Waals surface area contributed by atoms with E-state index in [-0.39, 0.29) is 0 Å². The third-order valence-electron chi connectivity index (χ3n) is 3.72. The molecule has 0 amide bonds. The van der Waals surface area contributed by atoms with Gasteiger partial charge in [0, 0.05) is 24.5 Å². The van der Waals surface area contributed by atoms with Crippen LogP contribution >= 0.6 is 0 Å². The predicted molar refractivity (Wildman–Crippen MR) is 86.9 cm³/mol. The van der Waals surface area contributed by atoms with E-state index in [2.05, 4.69) is 22.5 Å². The van der Waals surface area contributed by atoms with Crippen LogP contribution in [0.25, 0.3) is 22.4 Å². The molecular formula is C17H20N4. The van der Waals surface area contributed by atoms with Gasteiger partial charge in [0.1, 0.15) is 11.3 Å². The fourth-order valence-electron chi connectivity index (χ4n) is 2.63. The second kappa shape index (κ2) is 5.95. The average Bonchev–Trinajstić information content (AvgIpc) is 2.89. The van der Waals surface area contributed by atoms with Crippen molar-refractivity contribution in [2.45, 2.75) is 32.7 Å². The Morgan fingerprint density at radius 3 is 2.81 bits per heavy atom. The van der Waals surface area contributed by atoms with Crippen molar-refractivity contribution < 1.29 is 0 Å². The largest absolute Gasteiger partial charge is 0.397 e. The number of nitrogen functional groups attached to an aromatic ring is 1. The molecule has 0 spiro atoms. The lowest BCUT2D eigenvalue weighted by molar-refractivity contribution is 0.617. The van der Waals surface area contributed by atoms with E-state index in [1.807, 2.05) is 30.5 Å². The van der Waals surface area contributed by atoms with Crippen LogP contribution in [0.4, 0.5) is 5.69 Å². The van der Waals surface area contributed by atoms with E-state index in [0.29, 0.717) is 0 Å². The number of unbranched alkanes of at least 4 members (excludes halogenated alkanes) is 2. The number of hydrogen-bond donors (Lipinski definition) is 1. The molecule has 4 nitrogen and oxygen atoms in total. The Balaban J connectivity index is 2.13. The number of anilines is 1. The van der Waals surface area contributed by atoms with Gasteiger partial charge in [-0.15, -0.1) is 0 Å². The summed E-state index contributed by atoms with van der Waals surface area (Å²) in [6.07, 6.45) is 7.20. The van der Waals surface area contributed by atoms with Crippen LogP contribution in [0, 0.1) is 0 Å². The molecular weight excluding hydrogens is 260 g/mol. The fourth-order valence-corrected chi connectivity index (χ4v) is 2.63. The van der Waals surface area contributed by atoms with Crippen LogP contribution in [0.1, 0.15) is 26.2 Å². The van der Waals surface area contributed by atoms with Crippen molar-refractivity contribution in [2.75, 3.05) is 5.73 Å². The first-order valence-corrected chi connectivity index (χ1v) is 7.46. The predicted octanol–water partition coefficient (Wildman–Crippen LogP) is 3.87. The molecule has 0 aliphatic carbocycles. The van der Waals surface area contributed by atoms with Crippen molar-refractivity contribution in [3.63, 3.8) is 0 Å². The molecule has 21 heavy (non-hydrogen) atoms. The molecule has 0 aliphatic rings. The van der Waals surface area contributed by atoms with E-state index in [1.165, 1.54) is 12.8 Å². The van der Waals surface area contributed by atoms with Crippen molar-refractivity contribution in [1.82, 2.24) is 14.5 Å². The molecule has 0 atom stereocenters. The van der Waals surface area contributed by atoms with Gasteiger partial charge in [-0.25, -0.2) is 4.98 Å². The zero-order valence-electron chi connectivity index (χ0n) is 12.3. The molecule has 0 radical (unpaired) electrons. The van der Waals surface area contributed by atoms with Gasteiger partial charge in [-0.1, -0.05) is 25.8 Å². The summed E-state index contributed by atoms with van der Waals surface area (Å²) in [5.74, 6) is 0.951. The zero-order valence-corrected chi connectivity index (χ0v) is 12.3. The number of hydrogen-bond acceptors (Lipinski definition) is 3. The van der Waals surface area contributed by atoms with E-state index in [9.17, 15) is 0 Å². The quantitative estimate of drug-likeness (QED) is 0.570. The Bertz CT molecular complexity index is 731. The van der Waals surface area contributed by atoms with Gasteiger partial charge in [-0.05, 0) is 30.7 Å². The summed E-state index contributed by atoms with van der Waals surface area (Å²) in [5.41, 5.74) is 9.82. The van der Waals surface area contributed by atoms with Crippen LogP contribution in [0.2, 0.25) is 0 Å². The molecule has 2 aromatic heterocycles. The second-order valence-electron chi connectivity index (χ2n) is 5.25. The van der Waals surface area contributed by atoms with E-state index >= 15 is 0 Å². The number of pyridine rings is 1. The van der Waals surface area contributed by atoms with Crippen LogP contribution in [0.15, 0.2) is 42.7 Å². The summed E-state index contributed by atoms with van der Waals surface area (Å²) in [4.78, 5) is 8.97. The molecule has 4 heteroatoms. The van der Waals surface area contributed by atoms with Crippen LogP contribution < -0.4 is 5.73 Å². The lowest BCUT2D eigenvalue weighted by Gasteiger charge is -2.08. The molecule has 0 fully saturated rings. The highest BCUT2D eigenvalue weighted by atomic mass is 15.1. The molecule has 0 bridgehead atoms. The molecule has 1 aromatic carbocycles.